The zero-order valence-corrected chi connectivity index (χ0v) is 12.6. The van der Waals surface area contributed by atoms with Crippen LogP contribution in [0.15, 0.2) is 42.5 Å². The second kappa shape index (κ2) is 5.73. The van der Waals surface area contributed by atoms with Crippen LogP contribution in [0.2, 0.25) is 0 Å². The van der Waals surface area contributed by atoms with Crippen molar-refractivity contribution in [1.29, 1.82) is 0 Å². The molecule has 3 aromatic rings. The molecule has 0 atom stereocenters. The molecule has 0 fully saturated rings. The third-order valence-electron chi connectivity index (χ3n) is 3.45. The topological polar surface area (TPSA) is 24.9 Å². The molecule has 0 amide bonds. The largest absolute Gasteiger partial charge is 0.312 e. The first-order valence-corrected chi connectivity index (χ1v) is 7.76. The quantitative estimate of drug-likeness (QED) is 0.768. The van der Waals surface area contributed by atoms with Gasteiger partial charge in [-0.15, -0.1) is 11.3 Å². The summed E-state index contributed by atoms with van der Waals surface area (Å²) in [5.41, 5.74) is 2.37. The number of hydrogen-bond donors (Lipinski definition) is 1. The number of fused-ring (bicyclic) bond motifs is 1. The van der Waals surface area contributed by atoms with Gasteiger partial charge in [0.15, 0.2) is 0 Å². The van der Waals surface area contributed by atoms with Gasteiger partial charge in [-0.2, -0.15) is 0 Å². The third-order valence-corrected chi connectivity index (χ3v) is 4.64. The van der Waals surface area contributed by atoms with Gasteiger partial charge in [0.25, 0.3) is 0 Å². The van der Waals surface area contributed by atoms with Crippen molar-refractivity contribution in [2.24, 2.45) is 0 Å². The van der Waals surface area contributed by atoms with Gasteiger partial charge < -0.3 is 5.32 Å². The normalized spacial score (nSPS) is 11.1. The average molecular weight is 282 g/mol. The summed E-state index contributed by atoms with van der Waals surface area (Å²) in [6.07, 6.45) is 0. The van der Waals surface area contributed by atoms with Gasteiger partial charge in [-0.3, -0.25) is 0 Å². The predicted octanol–water partition coefficient (Wildman–Crippen LogP) is 4.38. The number of benzene rings is 2. The molecule has 0 spiro atoms. The molecule has 0 saturated carbocycles. The molecule has 1 aromatic heterocycles. The Morgan fingerprint density at radius 1 is 1.10 bits per heavy atom. The van der Waals surface area contributed by atoms with Gasteiger partial charge in [0.05, 0.1) is 5.69 Å². The lowest BCUT2D eigenvalue weighted by Gasteiger charge is -2.03. The van der Waals surface area contributed by atoms with E-state index < -0.39 is 0 Å². The summed E-state index contributed by atoms with van der Waals surface area (Å²) in [5.74, 6) is 0. The zero-order chi connectivity index (χ0) is 13.9. The Morgan fingerprint density at radius 2 is 1.90 bits per heavy atom. The summed E-state index contributed by atoms with van der Waals surface area (Å²) in [5, 5.41) is 7.04. The summed E-state index contributed by atoms with van der Waals surface area (Å²) < 4.78 is 0. The molecule has 0 bridgehead atoms. The molecule has 0 radical (unpaired) electrons. The fraction of sp³-hybridized carbons (Fsp3) is 0.235. The first-order valence-electron chi connectivity index (χ1n) is 6.94. The molecule has 20 heavy (non-hydrogen) atoms. The number of hydrogen-bond acceptors (Lipinski definition) is 3. The Balaban J connectivity index is 2.07. The monoisotopic (exact) mass is 282 g/mol. The SMILES string of the molecule is CCNCc1sc(-c2cccc3ccccc23)nc1C. The molecule has 0 aliphatic heterocycles. The van der Waals surface area contributed by atoms with E-state index in [1.165, 1.54) is 21.2 Å². The number of nitrogens with one attached hydrogen (secondary N) is 1. The van der Waals surface area contributed by atoms with Crippen molar-refractivity contribution in [2.45, 2.75) is 20.4 Å². The number of rotatable bonds is 4. The van der Waals surface area contributed by atoms with E-state index in [4.69, 9.17) is 4.98 Å². The van der Waals surface area contributed by atoms with Crippen LogP contribution in [-0.2, 0) is 6.54 Å². The molecule has 1 heterocycles. The molecule has 1 N–H and O–H groups in total. The van der Waals surface area contributed by atoms with E-state index in [0.717, 1.165) is 23.8 Å². The average Bonchev–Trinajstić information content (AvgIpc) is 2.85. The number of nitrogens with zero attached hydrogens (tertiary/aromatic N) is 1. The van der Waals surface area contributed by atoms with E-state index in [1.54, 1.807) is 11.3 Å². The molecular weight excluding hydrogens is 264 g/mol. The van der Waals surface area contributed by atoms with Crippen molar-refractivity contribution in [3.63, 3.8) is 0 Å². The Labute approximate surface area is 123 Å². The molecule has 0 unspecified atom stereocenters. The van der Waals surface area contributed by atoms with Crippen LogP contribution in [0, 0.1) is 6.92 Å². The Kier molecular flexibility index (Phi) is 3.81. The van der Waals surface area contributed by atoms with Gasteiger partial charge in [-0.1, -0.05) is 49.4 Å². The number of aromatic nitrogens is 1. The molecule has 3 rings (SSSR count). The fourth-order valence-corrected chi connectivity index (χ4v) is 3.43. The van der Waals surface area contributed by atoms with Crippen LogP contribution in [0.4, 0.5) is 0 Å². The van der Waals surface area contributed by atoms with E-state index in [1.807, 2.05) is 0 Å². The predicted molar refractivity (Wildman–Crippen MR) is 87.2 cm³/mol. The van der Waals surface area contributed by atoms with Crippen LogP contribution >= 0.6 is 11.3 Å². The van der Waals surface area contributed by atoms with Crippen LogP contribution in [-0.4, -0.2) is 11.5 Å². The number of thiazole rings is 1. The lowest BCUT2D eigenvalue weighted by atomic mass is 10.1. The van der Waals surface area contributed by atoms with Crippen molar-refractivity contribution in [3.05, 3.63) is 53.0 Å². The highest BCUT2D eigenvalue weighted by atomic mass is 32.1. The summed E-state index contributed by atoms with van der Waals surface area (Å²) in [6, 6.07) is 14.9. The molecule has 0 aliphatic rings. The summed E-state index contributed by atoms with van der Waals surface area (Å²) >= 11 is 1.79. The highest BCUT2D eigenvalue weighted by molar-refractivity contribution is 7.15. The highest BCUT2D eigenvalue weighted by Crippen LogP contribution is 2.33. The Hall–Kier alpha value is -1.71. The summed E-state index contributed by atoms with van der Waals surface area (Å²) in [7, 11) is 0. The molecule has 0 saturated heterocycles. The minimum atomic E-state index is 0.908. The molecular formula is C17H18N2S. The van der Waals surface area contributed by atoms with Crippen LogP contribution in [0.1, 0.15) is 17.5 Å². The van der Waals surface area contributed by atoms with E-state index in [0.29, 0.717) is 0 Å². The lowest BCUT2D eigenvalue weighted by molar-refractivity contribution is 0.731. The van der Waals surface area contributed by atoms with Crippen molar-refractivity contribution in [3.8, 4) is 10.6 Å². The highest BCUT2D eigenvalue weighted by Gasteiger charge is 2.11. The van der Waals surface area contributed by atoms with Gasteiger partial charge in [-0.25, -0.2) is 4.98 Å². The second-order valence-corrected chi connectivity index (χ2v) is 5.92. The van der Waals surface area contributed by atoms with Gasteiger partial charge in [-0.05, 0) is 24.2 Å². The van der Waals surface area contributed by atoms with Crippen LogP contribution < -0.4 is 5.32 Å². The third kappa shape index (κ3) is 2.47. The van der Waals surface area contributed by atoms with Crippen molar-refractivity contribution < 1.29 is 0 Å². The van der Waals surface area contributed by atoms with Crippen molar-refractivity contribution in [2.75, 3.05) is 6.54 Å². The van der Waals surface area contributed by atoms with Gasteiger partial charge in [0.2, 0.25) is 0 Å². The molecule has 102 valence electrons. The second-order valence-electron chi connectivity index (χ2n) is 4.83. The minimum absolute atomic E-state index is 0.908. The van der Waals surface area contributed by atoms with Gasteiger partial charge >= 0.3 is 0 Å². The van der Waals surface area contributed by atoms with Crippen LogP contribution in [0.25, 0.3) is 21.3 Å². The zero-order valence-electron chi connectivity index (χ0n) is 11.8. The molecule has 2 nitrogen and oxygen atoms in total. The molecule has 0 aliphatic carbocycles. The Bertz CT molecular complexity index is 725. The maximum atomic E-state index is 4.76. The minimum Gasteiger partial charge on any atom is -0.312 e. The van der Waals surface area contributed by atoms with E-state index in [2.05, 4.69) is 61.6 Å². The maximum Gasteiger partial charge on any atom is 0.124 e. The maximum absolute atomic E-state index is 4.76. The van der Waals surface area contributed by atoms with Crippen LogP contribution in [0.5, 0.6) is 0 Å². The Morgan fingerprint density at radius 3 is 2.75 bits per heavy atom. The summed E-state index contributed by atoms with van der Waals surface area (Å²) in [6.45, 7) is 6.12. The number of aryl methyl sites for hydroxylation is 1. The smallest absolute Gasteiger partial charge is 0.124 e. The first kappa shape index (κ1) is 13.3. The standard InChI is InChI=1S/C17H18N2S/c1-3-18-11-16-12(2)19-17(20-16)15-10-6-8-13-7-4-5-9-14(13)15/h4-10,18H,3,11H2,1-2H3. The summed E-state index contributed by atoms with van der Waals surface area (Å²) in [4.78, 5) is 6.09. The molecule has 2 aromatic carbocycles. The van der Waals surface area contributed by atoms with Crippen molar-refractivity contribution in [1.82, 2.24) is 10.3 Å². The molecule has 3 heteroatoms. The van der Waals surface area contributed by atoms with Crippen molar-refractivity contribution >= 4 is 22.1 Å². The van der Waals surface area contributed by atoms with Gasteiger partial charge in [0.1, 0.15) is 5.01 Å². The first-order chi connectivity index (χ1) is 9.79. The van der Waals surface area contributed by atoms with E-state index >= 15 is 0 Å². The van der Waals surface area contributed by atoms with Gasteiger partial charge in [0, 0.05) is 17.0 Å². The fourth-order valence-electron chi connectivity index (χ4n) is 2.36. The van der Waals surface area contributed by atoms with E-state index in [-0.39, 0.29) is 0 Å². The van der Waals surface area contributed by atoms with Crippen LogP contribution in [0.3, 0.4) is 0 Å². The van der Waals surface area contributed by atoms with E-state index in [9.17, 15) is 0 Å². The lowest BCUT2D eigenvalue weighted by Crippen LogP contribution is -2.11.